The summed E-state index contributed by atoms with van der Waals surface area (Å²) < 4.78 is 17.2. The van der Waals surface area contributed by atoms with E-state index in [4.69, 9.17) is 13.9 Å². The van der Waals surface area contributed by atoms with Crippen molar-refractivity contribution in [2.24, 2.45) is 0 Å². The topological polar surface area (TPSA) is 81.8 Å². The van der Waals surface area contributed by atoms with E-state index in [-0.39, 0.29) is 10.1 Å². The van der Waals surface area contributed by atoms with Crippen molar-refractivity contribution in [2.45, 2.75) is 12.1 Å². The van der Waals surface area contributed by atoms with E-state index in [0.29, 0.717) is 39.2 Å². The van der Waals surface area contributed by atoms with Crippen LogP contribution >= 0.6 is 27.7 Å². The van der Waals surface area contributed by atoms with Gasteiger partial charge in [-0.15, -0.1) is 0 Å². The first-order valence-corrected chi connectivity index (χ1v) is 9.61. The molecule has 8 heteroatoms. The van der Waals surface area contributed by atoms with E-state index >= 15 is 0 Å². The summed E-state index contributed by atoms with van der Waals surface area (Å²) in [6, 6.07) is 10.7. The largest absolute Gasteiger partial charge is 0.493 e. The number of nitrogens with zero attached hydrogens (tertiary/aromatic N) is 1. The van der Waals surface area contributed by atoms with Gasteiger partial charge in [0.15, 0.2) is 17.1 Å². The molecule has 0 spiro atoms. The molecule has 0 unspecified atom stereocenters. The van der Waals surface area contributed by atoms with Crippen molar-refractivity contribution in [2.75, 3.05) is 13.7 Å². The predicted octanol–water partition coefficient (Wildman–Crippen LogP) is 5.22. The molecule has 2 aromatic carbocycles. The SMILES string of the molecule is CCOc1c(Br)cc(/C=C(\Sc2nc3ccccc3o2)C(=O)O)cc1OC. The number of carboxylic acids is 1. The summed E-state index contributed by atoms with van der Waals surface area (Å²) in [4.78, 5) is 16.1. The molecule has 1 N–H and O–H groups in total. The van der Waals surface area contributed by atoms with E-state index in [2.05, 4.69) is 20.9 Å². The summed E-state index contributed by atoms with van der Waals surface area (Å²) in [6.45, 7) is 2.36. The van der Waals surface area contributed by atoms with Gasteiger partial charge in [-0.05, 0) is 70.5 Å². The number of carboxylic acid groups (broad SMARTS) is 1. The van der Waals surface area contributed by atoms with Crippen LogP contribution in [0.1, 0.15) is 12.5 Å². The summed E-state index contributed by atoms with van der Waals surface area (Å²) in [6.07, 6.45) is 1.53. The molecule has 3 aromatic rings. The van der Waals surface area contributed by atoms with Crippen LogP contribution < -0.4 is 9.47 Å². The van der Waals surface area contributed by atoms with Gasteiger partial charge in [-0.2, -0.15) is 0 Å². The van der Waals surface area contributed by atoms with Gasteiger partial charge in [0.25, 0.3) is 5.22 Å². The van der Waals surface area contributed by atoms with Gasteiger partial charge >= 0.3 is 5.97 Å². The van der Waals surface area contributed by atoms with Gasteiger partial charge in [-0.25, -0.2) is 9.78 Å². The molecule has 0 aliphatic heterocycles. The minimum absolute atomic E-state index is 0.0691. The number of para-hydroxylation sites is 2. The first kappa shape index (κ1) is 19.3. The Labute approximate surface area is 168 Å². The zero-order valence-electron chi connectivity index (χ0n) is 14.6. The Morgan fingerprint density at radius 1 is 1.37 bits per heavy atom. The lowest BCUT2D eigenvalue weighted by atomic mass is 10.2. The fourth-order valence-corrected chi connectivity index (χ4v) is 3.70. The molecule has 0 amide bonds. The Morgan fingerprint density at radius 3 is 2.81 bits per heavy atom. The highest BCUT2D eigenvalue weighted by Gasteiger charge is 2.16. The highest BCUT2D eigenvalue weighted by molar-refractivity contribution is 9.10. The number of thioether (sulfide) groups is 1. The summed E-state index contributed by atoms with van der Waals surface area (Å²) in [5.41, 5.74) is 1.92. The highest BCUT2D eigenvalue weighted by atomic mass is 79.9. The number of aliphatic carboxylic acids is 1. The smallest absolute Gasteiger partial charge is 0.342 e. The van der Waals surface area contributed by atoms with Crippen LogP contribution in [0.15, 0.2) is 55.4 Å². The minimum Gasteiger partial charge on any atom is -0.493 e. The number of halogens is 1. The van der Waals surface area contributed by atoms with Crippen molar-refractivity contribution in [3.05, 3.63) is 51.3 Å². The molecule has 0 bridgehead atoms. The Kier molecular flexibility index (Phi) is 6.08. The quantitative estimate of drug-likeness (QED) is 0.391. The molecule has 0 aliphatic carbocycles. The summed E-state index contributed by atoms with van der Waals surface area (Å²) in [5.74, 6) is 0.000866. The predicted molar refractivity (Wildman–Crippen MR) is 107 cm³/mol. The van der Waals surface area contributed by atoms with Crippen LogP contribution in [-0.2, 0) is 4.79 Å². The number of aromatic nitrogens is 1. The number of hydrogen-bond acceptors (Lipinski definition) is 6. The monoisotopic (exact) mass is 449 g/mol. The minimum atomic E-state index is -1.08. The number of fused-ring (bicyclic) bond motifs is 1. The van der Waals surface area contributed by atoms with Gasteiger partial charge < -0.3 is 19.0 Å². The molecule has 6 nitrogen and oxygen atoms in total. The van der Waals surface area contributed by atoms with Crippen LogP contribution in [-0.4, -0.2) is 29.8 Å². The Hall–Kier alpha value is -2.45. The second kappa shape index (κ2) is 8.49. The van der Waals surface area contributed by atoms with Crippen molar-refractivity contribution in [1.29, 1.82) is 0 Å². The van der Waals surface area contributed by atoms with Crippen molar-refractivity contribution in [3.63, 3.8) is 0 Å². The van der Waals surface area contributed by atoms with E-state index in [1.54, 1.807) is 18.2 Å². The van der Waals surface area contributed by atoms with Gasteiger partial charge in [-0.3, -0.25) is 0 Å². The zero-order valence-corrected chi connectivity index (χ0v) is 17.0. The summed E-state index contributed by atoms with van der Waals surface area (Å²) in [5, 5.41) is 9.84. The van der Waals surface area contributed by atoms with Crippen LogP contribution in [0.2, 0.25) is 0 Å². The Bertz CT molecular complexity index is 982. The highest BCUT2D eigenvalue weighted by Crippen LogP contribution is 2.38. The number of methoxy groups -OCH3 is 1. The number of ether oxygens (including phenoxy) is 2. The molecule has 1 aromatic heterocycles. The fraction of sp³-hybridized carbons (Fsp3) is 0.158. The molecule has 0 saturated heterocycles. The summed E-state index contributed by atoms with van der Waals surface area (Å²) in [7, 11) is 1.53. The molecule has 0 fully saturated rings. The Morgan fingerprint density at radius 2 is 2.15 bits per heavy atom. The lowest BCUT2D eigenvalue weighted by Crippen LogP contribution is -1.99. The maximum absolute atomic E-state index is 11.7. The molecule has 0 aliphatic rings. The number of carbonyl (C=O) groups is 1. The summed E-state index contributed by atoms with van der Waals surface area (Å²) >= 11 is 4.39. The van der Waals surface area contributed by atoms with Crippen LogP contribution in [0.4, 0.5) is 0 Å². The van der Waals surface area contributed by atoms with Crippen LogP contribution in [0.3, 0.4) is 0 Å². The van der Waals surface area contributed by atoms with E-state index < -0.39 is 5.97 Å². The standard InChI is InChI=1S/C19H16BrNO5S/c1-3-25-17-12(20)8-11(9-15(17)24-2)10-16(18(22)23)27-19-21-13-6-4-5-7-14(13)26-19/h4-10H,3H2,1-2H3,(H,22,23)/b16-10-. The molecule has 3 rings (SSSR count). The number of rotatable bonds is 7. The van der Waals surface area contributed by atoms with Gasteiger partial charge in [0, 0.05) is 0 Å². The first-order valence-electron chi connectivity index (χ1n) is 8.00. The molecular formula is C19H16BrNO5S. The fourth-order valence-electron chi connectivity index (χ4n) is 2.38. The van der Waals surface area contributed by atoms with Gasteiger partial charge in [-0.1, -0.05) is 12.1 Å². The van der Waals surface area contributed by atoms with Gasteiger partial charge in [0.05, 0.1) is 18.2 Å². The van der Waals surface area contributed by atoms with E-state index in [1.165, 1.54) is 13.2 Å². The number of oxazole rings is 1. The third kappa shape index (κ3) is 4.45. The molecule has 27 heavy (non-hydrogen) atoms. The van der Waals surface area contributed by atoms with E-state index in [0.717, 1.165) is 11.8 Å². The first-order chi connectivity index (χ1) is 13.0. The van der Waals surface area contributed by atoms with Crippen LogP contribution in [0.25, 0.3) is 17.2 Å². The normalized spacial score (nSPS) is 11.6. The van der Waals surface area contributed by atoms with E-state index in [1.807, 2.05) is 25.1 Å². The van der Waals surface area contributed by atoms with Gasteiger partial charge in [0.1, 0.15) is 10.4 Å². The average Bonchev–Trinajstić information content (AvgIpc) is 3.05. The van der Waals surface area contributed by atoms with E-state index in [9.17, 15) is 9.90 Å². The number of benzene rings is 2. The van der Waals surface area contributed by atoms with Crippen molar-refractivity contribution in [3.8, 4) is 11.5 Å². The lowest BCUT2D eigenvalue weighted by Gasteiger charge is -2.12. The van der Waals surface area contributed by atoms with Crippen molar-refractivity contribution >= 4 is 50.8 Å². The zero-order chi connectivity index (χ0) is 19.4. The third-order valence-electron chi connectivity index (χ3n) is 3.52. The second-order valence-electron chi connectivity index (χ2n) is 5.33. The average molecular weight is 450 g/mol. The van der Waals surface area contributed by atoms with Crippen molar-refractivity contribution in [1.82, 2.24) is 4.98 Å². The molecule has 1 heterocycles. The second-order valence-corrected chi connectivity index (χ2v) is 7.18. The molecular weight excluding hydrogens is 434 g/mol. The van der Waals surface area contributed by atoms with Crippen molar-refractivity contribution < 1.29 is 23.8 Å². The number of hydrogen-bond donors (Lipinski definition) is 1. The lowest BCUT2D eigenvalue weighted by molar-refractivity contribution is -0.131. The third-order valence-corrected chi connectivity index (χ3v) is 4.97. The molecule has 0 atom stereocenters. The Balaban J connectivity index is 1.95. The van der Waals surface area contributed by atoms with Crippen LogP contribution in [0.5, 0.6) is 11.5 Å². The maximum Gasteiger partial charge on any atom is 0.342 e. The molecule has 0 radical (unpaired) electrons. The maximum atomic E-state index is 11.7. The molecule has 0 saturated carbocycles. The molecule has 140 valence electrons. The van der Waals surface area contributed by atoms with Gasteiger partial charge in [0.2, 0.25) is 0 Å². The van der Waals surface area contributed by atoms with Crippen LogP contribution in [0, 0.1) is 0 Å².